The molecule has 2 aromatic carbocycles. The molecule has 1 aliphatic heterocycles. The van der Waals surface area contributed by atoms with Crippen LogP contribution in [0, 0.1) is 0 Å². The maximum absolute atomic E-state index is 12.4. The van der Waals surface area contributed by atoms with Gasteiger partial charge in [0.1, 0.15) is 11.9 Å². The van der Waals surface area contributed by atoms with Crippen LogP contribution in [0.4, 0.5) is 10.5 Å². The van der Waals surface area contributed by atoms with Gasteiger partial charge in [-0.05, 0) is 31.2 Å². The van der Waals surface area contributed by atoms with E-state index in [0.717, 1.165) is 12.8 Å². The summed E-state index contributed by atoms with van der Waals surface area (Å²) in [6.07, 6.45) is 1.53. The van der Waals surface area contributed by atoms with Gasteiger partial charge >= 0.3 is 6.03 Å². The third kappa shape index (κ3) is 4.55. The third-order valence-electron chi connectivity index (χ3n) is 4.38. The molecular weight excluding hydrogens is 352 g/mol. The van der Waals surface area contributed by atoms with E-state index in [1.807, 2.05) is 18.2 Å². The van der Waals surface area contributed by atoms with E-state index in [9.17, 15) is 9.59 Å². The number of para-hydroxylation sites is 1. The van der Waals surface area contributed by atoms with Crippen LogP contribution < -0.4 is 10.1 Å². The number of benzene rings is 2. The molecule has 2 amide bonds. The van der Waals surface area contributed by atoms with Crippen molar-refractivity contribution in [3.8, 4) is 5.75 Å². The zero-order valence-electron chi connectivity index (χ0n) is 14.6. The van der Waals surface area contributed by atoms with Crippen LogP contribution in [0.5, 0.6) is 5.75 Å². The minimum Gasteiger partial charge on any atom is -0.489 e. The summed E-state index contributed by atoms with van der Waals surface area (Å²) in [7, 11) is 0. The minimum absolute atomic E-state index is 0.0290. The fraction of sp³-hybridized carbons (Fsp3) is 0.300. The molecule has 0 aromatic heterocycles. The second-order valence-electron chi connectivity index (χ2n) is 6.30. The quantitative estimate of drug-likeness (QED) is 0.797. The number of urea groups is 1. The van der Waals surface area contributed by atoms with E-state index in [1.165, 1.54) is 6.92 Å². The van der Waals surface area contributed by atoms with Gasteiger partial charge in [0.05, 0.1) is 5.02 Å². The summed E-state index contributed by atoms with van der Waals surface area (Å²) < 4.78 is 5.95. The fourth-order valence-electron chi connectivity index (χ4n) is 2.92. The van der Waals surface area contributed by atoms with Gasteiger partial charge in [-0.2, -0.15) is 0 Å². The molecule has 1 fully saturated rings. The van der Waals surface area contributed by atoms with E-state index in [0.29, 0.717) is 35.1 Å². The number of amides is 2. The summed E-state index contributed by atoms with van der Waals surface area (Å²) in [5, 5.41) is 3.45. The van der Waals surface area contributed by atoms with Gasteiger partial charge in [0.15, 0.2) is 5.78 Å². The lowest BCUT2D eigenvalue weighted by Crippen LogP contribution is -2.43. The second kappa shape index (κ2) is 8.23. The number of ketones is 1. The highest BCUT2D eigenvalue weighted by Crippen LogP contribution is 2.27. The van der Waals surface area contributed by atoms with Crippen molar-refractivity contribution in [1.29, 1.82) is 0 Å². The normalized spacial score (nSPS) is 14.8. The number of hydrogen-bond donors (Lipinski definition) is 1. The van der Waals surface area contributed by atoms with Gasteiger partial charge in [0.2, 0.25) is 0 Å². The first-order chi connectivity index (χ1) is 12.5. The molecule has 0 radical (unpaired) electrons. The molecule has 5 nitrogen and oxygen atoms in total. The molecule has 0 unspecified atom stereocenters. The molecular formula is C20H21ClN2O3. The number of nitrogens with one attached hydrogen (secondary N) is 1. The summed E-state index contributed by atoms with van der Waals surface area (Å²) in [5.74, 6) is 0.650. The van der Waals surface area contributed by atoms with Gasteiger partial charge in [-0.15, -0.1) is 0 Å². The maximum Gasteiger partial charge on any atom is 0.321 e. The summed E-state index contributed by atoms with van der Waals surface area (Å²) in [6, 6.07) is 14.2. The first kappa shape index (κ1) is 18.3. The Morgan fingerprint density at radius 2 is 1.85 bits per heavy atom. The summed E-state index contributed by atoms with van der Waals surface area (Å²) >= 11 is 6.12. The molecule has 1 saturated heterocycles. The number of ether oxygens (including phenoxy) is 1. The van der Waals surface area contributed by atoms with Crippen molar-refractivity contribution in [2.75, 3.05) is 18.4 Å². The van der Waals surface area contributed by atoms with E-state index in [-0.39, 0.29) is 17.9 Å². The SMILES string of the molecule is CC(=O)c1cccc(NC(=O)N2CCC(Oc3ccccc3Cl)CC2)c1. The van der Waals surface area contributed by atoms with Crippen molar-refractivity contribution in [1.82, 2.24) is 4.90 Å². The van der Waals surface area contributed by atoms with Crippen molar-refractivity contribution >= 4 is 29.1 Å². The average molecular weight is 373 g/mol. The van der Waals surface area contributed by atoms with Gasteiger partial charge < -0.3 is 15.0 Å². The fourth-order valence-corrected chi connectivity index (χ4v) is 3.10. The Morgan fingerprint density at radius 3 is 2.54 bits per heavy atom. The Hall–Kier alpha value is -2.53. The highest BCUT2D eigenvalue weighted by Gasteiger charge is 2.24. The van der Waals surface area contributed by atoms with Crippen LogP contribution in [0.15, 0.2) is 48.5 Å². The number of Topliss-reactive ketones (excluding diaryl/α,β-unsaturated/α-hetero) is 1. The number of likely N-dealkylation sites (tertiary alicyclic amines) is 1. The Bertz CT molecular complexity index is 801. The molecule has 3 rings (SSSR count). The largest absolute Gasteiger partial charge is 0.489 e. The van der Waals surface area contributed by atoms with Crippen molar-refractivity contribution < 1.29 is 14.3 Å². The van der Waals surface area contributed by atoms with Crippen molar-refractivity contribution in [3.05, 3.63) is 59.1 Å². The first-order valence-electron chi connectivity index (χ1n) is 8.61. The number of hydrogen-bond acceptors (Lipinski definition) is 3. The van der Waals surface area contributed by atoms with Crippen LogP contribution in [0.25, 0.3) is 0 Å². The van der Waals surface area contributed by atoms with Crippen molar-refractivity contribution in [2.45, 2.75) is 25.9 Å². The Morgan fingerprint density at radius 1 is 1.12 bits per heavy atom. The van der Waals surface area contributed by atoms with E-state index >= 15 is 0 Å². The molecule has 1 heterocycles. The average Bonchev–Trinajstić information content (AvgIpc) is 2.64. The maximum atomic E-state index is 12.4. The number of nitrogens with zero attached hydrogens (tertiary/aromatic N) is 1. The summed E-state index contributed by atoms with van der Waals surface area (Å²) in [6.45, 7) is 2.71. The van der Waals surface area contributed by atoms with E-state index in [2.05, 4.69) is 5.32 Å². The number of rotatable bonds is 4. The van der Waals surface area contributed by atoms with Crippen molar-refractivity contribution in [3.63, 3.8) is 0 Å². The van der Waals surface area contributed by atoms with Gasteiger partial charge in [-0.25, -0.2) is 4.79 Å². The van der Waals surface area contributed by atoms with Gasteiger partial charge in [0, 0.05) is 37.2 Å². The molecule has 0 aliphatic carbocycles. The summed E-state index contributed by atoms with van der Waals surface area (Å²) in [4.78, 5) is 25.6. The third-order valence-corrected chi connectivity index (χ3v) is 4.69. The lowest BCUT2D eigenvalue weighted by atomic mass is 10.1. The second-order valence-corrected chi connectivity index (χ2v) is 6.71. The smallest absolute Gasteiger partial charge is 0.321 e. The molecule has 136 valence electrons. The van der Waals surface area contributed by atoms with Crippen LogP contribution >= 0.6 is 11.6 Å². The zero-order valence-corrected chi connectivity index (χ0v) is 15.3. The molecule has 0 atom stereocenters. The van der Waals surface area contributed by atoms with Crippen molar-refractivity contribution in [2.24, 2.45) is 0 Å². The van der Waals surface area contributed by atoms with E-state index < -0.39 is 0 Å². The zero-order chi connectivity index (χ0) is 18.5. The number of piperidine rings is 1. The van der Waals surface area contributed by atoms with Crippen LogP contribution in [-0.2, 0) is 0 Å². The molecule has 2 aromatic rings. The first-order valence-corrected chi connectivity index (χ1v) is 8.99. The van der Waals surface area contributed by atoms with Crippen LogP contribution in [0.1, 0.15) is 30.1 Å². The minimum atomic E-state index is -0.165. The van der Waals surface area contributed by atoms with E-state index in [4.69, 9.17) is 16.3 Å². The van der Waals surface area contributed by atoms with Gasteiger partial charge in [-0.3, -0.25) is 4.79 Å². The van der Waals surface area contributed by atoms with Crippen LogP contribution in [-0.4, -0.2) is 35.9 Å². The molecule has 6 heteroatoms. The van der Waals surface area contributed by atoms with Crippen LogP contribution in [0.2, 0.25) is 5.02 Å². The van der Waals surface area contributed by atoms with Crippen LogP contribution in [0.3, 0.4) is 0 Å². The topological polar surface area (TPSA) is 58.6 Å². The van der Waals surface area contributed by atoms with Gasteiger partial charge in [-0.1, -0.05) is 35.9 Å². The van der Waals surface area contributed by atoms with Gasteiger partial charge in [0.25, 0.3) is 0 Å². The lowest BCUT2D eigenvalue weighted by Gasteiger charge is -2.32. The highest BCUT2D eigenvalue weighted by molar-refractivity contribution is 6.32. The molecule has 0 spiro atoms. The number of carbonyl (C=O) groups is 2. The molecule has 1 N–H and O–H groups in total. The lowest BCUT2D eigenvalue weighted by molar-refractivity contribution is 0.101. The van der Waals surface area contributed by atoms with E-state index in [1.54, 1.807) is 35.2 Å². The predicted molar refractivity (Wildman–Crippen MR) is 102 cm³/mol. The molecule has 1 aliphatic rings. The number of carbonyl (C=O) groups excluding carboxylic acids is 2. The highest BCUT2D eigenvalue weighted by atomic mass is 35.5. The number of halogens is 1. The Balaban J connectivity index is 1.53. The number of anilines is 1. The summed E-state index contributed by atoms with van der Waals surface area (Å²) in [5.41, 5.74) is 1.20. The predicted octanol–water partition coefficient (Wildman–Crippen LogP) is 4.62. The molecule has 0 saturated carbocycles. The molecule has 26 heavy (non-hydrogen) atoms. The molecule has 0 bridgehead atoms. The Labute approximate surface area is 157 Å². The Kier molecular flexibility index (Phi) is 5.78. The standard InChI is InChI=1S/C20H21ClN2O3/c1-14(24)15-5-4-6-16(13-15)22-20(25)23-11-9-17(10-12-23)26-19-8-3-2-7-18(19)21/h2-8,13,17H,9-12H2,1H3,(H,22,25). The monoisotopic (exact) mass is 372 g/mol.